The summed E-state index contributed by atoms with van der Waals surface area (Å²) in [5, 5.41) is 16.0. The summed E-state index contributed by atoms with van der Waals surface area (Å²) in [5.74, 6) is -0.0920. The van der Waals surface area contributed by atoms with Gasteiger partial charge in [-0.1, -0.05) is 43.9 Å². The highest BCUT2D eigenvalue weighted by molar-refractivity contribution is 5.93. The van der Waals surface area contributed by atoms with E-state index in [1.54, 1.807) is 6.07 Å². The summed E-state index contributed by atoms with van der Waals surface area (Å²) in [5.41, 5.74) is 0.493. The number of amides is 1. The molecule has 0 bridgehead atoms. The van der Waals surface area contributed by atoms with Crippen LogP contribution in [0.1, 0.15) is 54.1 Å². The summed E-state index contributed by atoms with van der Waals surface area (Å²) in [7, 11) is 0. The maximum absolute atomic E-state index is 13.2. The number of anilines is 1. The van der Waals surface area contributed by atoms with Gasteiger partial charge in [-0.2, -0.15) is 5.10 Å². The number of aromatic nitrogens is 3. The van der Waals surface area contributed by atoms with Crippen molar-refractivity contribution in [2.45, 2.75) is 45.1 Å². The lowest BCUT2D eigenvalue weighted by molar-refractivity contribution is -0.120. The number of carbonyl (C=O) groups is 2. The third-order valence-electron chi connectivity index (χ3n) is 6.01. The molecule has 2 aromatic heterocycles. The Labute approximate surface area is 196 Å². The van der Waals surface area contributed by atoms with Crippen LogP contribution in [0.4, 0.5) is 5.82 Å². The Morgan fingerprint density at radius 3 is 2.59 bits per heavy atom. The van der Waals surface area contributed by atoms with Crippen LogP contribution in [0, 0.1) is 12.8 Å². The second-order valence-corrected chi connectivity index (χ2v) is 8.47. The molecule has 0 saturated heterocycles. The molecule has 4 rings (SSSR count). The molecule has 0 spiro atoms. The van der Waals surface area contributed by atoms with E-state index in [9.17, 15) is 14.4 Å². The fourth-order valence-electron chi connectivity index (χ4n) is 4.17. The Kier molecular flexibility index (Phi) is 7.01. The Bertz CT molecular complexity index is 1230. The molecule has 3 aromatic rings. The van der Waals surface area contributed by atoms with Crippen LogP contribution in [0.5, 0.6) is 11.5 Å². The number of ether oxygens (including phenoxy) is 1. The lowest BCUT2D eigenvalue weighted by Gasteiger charge is -2.21. The summed E-state index contributed by atoms with van der Waals surface area (Å²) in [6.45, 7) is 1.91. The van der Waals surface area contributed by atoms with Gasteiger partial charge in [0.2, 0.25) is 0 Å². The monoisotopic (exact) mass is 462 g/mol. The van der Waals surface area contributed by atoms with Gasteiger partial charge in [-0.3, -0.25) is 9.59 Å². The van der Waals surface area contributed by atoms with Gasteiger partial charge in [0.1, 0.15) is 17.6 Å². The average Bonchev–Trinajstić information content (AvgIpc) is 3.33. The number of hydrogen-bond donors (Lipinski definition) is 2. The van der Waals surface area contributed by atoms with E-state index in [2.05, 4.69) is 15.4 Å². The number of para-hydroxylation sites is 1. The highest BCUT2D eigenvalue weighted by Gasteiger charge is 2.29. The smallest absolute Gasteiger partial charge is 0.337 e. The molecule has 0 aliphatic heterocycles. The first kappa shape index (κ1) is 23.2. The molecule has 9 heteroatoms. The second-order valence-electron chi connectivity index (χ2n) is 8.47. The molecule has 2 N–H and O–H groups in total. The summed E-state index contributed by atoms with van der Waals surface area (Å²) in [6, 6.07) is 10.7. The van der Waals surface area contributed by atoms with Crippen molar-refractivity contribution < 1.29 is 19.4 Å². The van der Waals surface area contributed by atoms with E-state index >= 15 is 0 Å². The Balaban J connectivity index is 1.57. The minimum absolute atomic E-state index is 0.0163. The Hall–Kier alpha value is -4.01. The molecule has 0 radical (unpaired) electrons. The first-order valence-corrected chi connectivity index (χ1v) is 11.2. The van der Waals surface area contributed by atoms with Crippen molar-refractivity contribution in [3.63, 3.8) is 0 Å². The highest BCUT2D eigenvalue weighted by atomic mass is 16.5. The van der Waals surface area contributed by atoms with E-state index in [0.717, 1.165) is 31.2 Å². The number of nitrogens with one attached hydrogen (secondary N) is 1. The van der Waals surface area contributed by atoms with E-state index in [4.69, 9.17) is 9.84 Å². The van der Waals surface area contributed by atoms with Crippen molar-refractivity contribution >= 4 is 17.7 Å². The first-order chi connectivity index (χ1) is 16.4. The molecular weight excluding hydrogens is 436 g/mol. The SMILES string of the molecule is Cc1ccccc1Oc1cnn(C(CC2CCCC2)C(=O)Nc2ccc(C(=O)O)cn2)c(=O)c1. The zero-order valence-electron chi connectivity index (χ0n) is 18.8. The number of carbonyl (C=O) groups excluding carboxylic acids is 1. The maximum Gasteiger partial charge on any atom is 0.337 e. The largest absolute Gasteiger partial charge is 0.478 e. The predicted octanol–water partition coefficient (Wildman–Crippen LogP) is 4.20. The van der Waals surface area contributed by atoms with Crippen molar-refractivity contribution in [2.75, 3.05) is 5.32 Å². The van der Waals surface area contributed by atoms with Gasteiger partial charge in [-0.15, -0.1) is 0 Å². The molecular formula is C25H26N4O5. The van der Waals surface area contributed by atoms with Crippen LogP contribution in [0.2, 0.25) is 0 Å². The Morgan fingerprint density at radius 1 is 1.18 bits per heavy atom. The fraction of sp³-hybridized carbons (Fsp3) is 0.320. The summed E-state index contributed by atoms with van der Waals surface area (Å²) in [6.07, 6.45) is 7.28. The van der Waals surface area contributed by atoms with Crippen LogP contribution in [0.25, 0.3) is 0 Å². The van der Waals surface area contributed by atoms with Crippen LogP contribution in [0.3, 0.4) is 0 Å². The van der Waals surface area contributed by atoms with E-state index in [0.29, 0.717) is 23.8 Å². The molecule has 1 aliphatic rings. The summed E-state index contributed by atoms with van der Waals surface area (Å²) < 4.78 is 6.99. The van der Waals surface area contributed by atoms with Crippen molar-refractivity contribution in [1.29, 1.82) is 0 Å². The molecule has 2 heterocycles. The fourth-order valence-corrected chi connectivity index (χ4v) is 4.17. The van der Waals surface area contributed by atoms with E-state index in [1.807, 2.05) is 25.1 Å². The van der Waals surface area contributed by atoms with Gasteiger partial charge in [0.15, 0.2) is 5.75 Å². The quantitative estimate of drug-likeness (QED) is 0.514. The number of aromatic carboxylic acids is 1. The van der Waals surface area contributed by atoms with Gasteiger partial charge in [0, 0.05) is 12.3 Å². The number of carboxylic acid groups (broad SMARTS) is 1. The minimum atomic E-state index is -1.10. The van der Waals surface area contributed by atoms with E-state index in [-0.39, 0.29) is 11.4 Å². The van der Waals surface area contributed by atoms with Gasteiger partial charge >= 0.3 is 5.97 Å². The standard InChI is InChI=1S/C25H26N4O5/c1-16-6-2-5-9-21(16)34-19-13-23(30)29(27-15-19)20(12-17-7-3-4-8-17)24(31)28-22-11-10-18(14-26-22)25(32)33/h2,5-6,9-11,13-15,17,20H,3-4,7-8,12H2,1H3,(H,32,33)(H,26,28,31). The third-order valence-corrected chi connectivity index (χ3v) is 6.01. The summed E-state index contributed by atoms with van der Waals surface area (Å²) in [4.78, 5) is 41.2. The zero-order chi connectivity index (χ0) is 24.1. The molecule has 1 aliphatic carbocycles. The molecule has 34 heavy (non-hydrogen) atoms. The maximum atomic E-state index is 13.2. The molecule has 176 valence electrons. The molecule has 9 nitrogen and oxygen atoms in total. The number of nitrogens with zero attached hydrogens (tertiary/aromatic N) is 3. The van der Waals surface area contributed by atoms with E-state index in [1.165, 1.54) is 35.3 Å². The molecule has 1 aromatic carbocycles. The van der Waals surface area contributed by atoms with Gasteiger partial charge in [0.05, 0.1) is 11.8 Å². The highest BCUT2D eigenvalue weighted by Crippen LogP contribution is 2.32. The van der Waals surface area contributed by atoms with Gasteiger partial charge in [0.25, 0.3) is 11.5 Å². The molecule has 1 fully saturated rings. The lowest BCUT2D eigenvalue weighted by Crippen LogP contribution is -2.36. The number of carboxylic acids is 1. The molecule has 1 amide bonds. The van der Waals surface area contributed by atoms with Crippen molar-refractivity contribution in [2.24, 2.45) is 5.92 Å². The zero-order valence-corrected chi connectivity index (χ0v) is 18.8. The normalized spacial score (nSPS) is 14.5. The predicted molar refractivity (Wildman–Crippen MR) is 125 cm³/mol. The van der Waals surface area contributed by atoms with Crippen LogP contribution < -0.4 is 15.6 Å². The van der Waals surface area contributed by atoms with Gasteiger partial charge < -0.3 is 15.2 Å². The van der Waals surface area contributed by atoms with Crippen molar-refractivity contribution in [3.8, 4) is 11.5 Å². The first-order valence-electron chi connectivity index (χ1n) is 11.2. The van der Waals surface area contributed by atoms with Crippen molar-refractivity contribution in [3.05, 3.63) is 76.3 Å². The third kappa shape index (κ3) is 5.48. The number of hydrogen-bond acceptors (Lipinski definition) is 6. The van der Waals surface area contributed by atoms with E-state index < -0.39 is 23.5 Å². The number of rotatable bonds is 8. The molecule has 1 atom stereocenters. The number of pyridine rings is 1. The molecule has 1 saturated carbocycles. The minimum Gasteiger partial charge on any atom is -0.478 e. The van der Waals surface area contributed by atoms with Crippen molar-refractivity contribution in [1.82, 2.24) is 14.8 Å². The topological polar surface area (TPSA) is 123 Å². The lowest BCUT2D eigenvalue weighted by atomic mass is 9.98. The Morgan fingerprint density at radius 2 is 1.94 bits per heavy atom. The van der Waals surface area contributed by atoms with Gasteiger partial charge in [-0.05, 0) is 43.0 Å². The van der Waals surface area contributed by atoms with Gasteiger partial charge in [-0.25, -0.2) is 14.5 Å². The van der Waals surface area contributed by atoms with Crippen LogP contribution in [-0.2, 0) is 4.79 Å². The summed E-state index contributed by atoms with van der Waals surface area (Å²) >= 11 is 0. The number of benzene rings is 1. The second kappa shape index (κ2) is 10.3. The number of aryl methyl sites for hydroxylation is 1. The van der Waals surface area contributed by atoms with Crippen LogP contribution in [-0.4, -0.2) is 31.7 Å². The molecule has 1 unspecified atom stereocenters. The average molecular weight is 463 g/mol. The van der Waals surface area contributed by atoms with Crippen LogP contribution >= 0.6 is 0 Å². The van der Waals surface area contributed by atoms with Crippen LogP contribution in [0.15, 0.2) is 59.7 Å².